The van der Waals surface area contributed by atoms with E-state index >= 15 is 0 Å². The topological polar surface area (TPSA) is 9.23 Å². The van der Waals surface area contributed by atoms with Crippen molar-refractivity contribution in [2.75, 3.05) is 19.1 Å². The first-order chi connectivity index (χ1) is 4.91. The minimum Gasteiger partial charge on any atom is -0.380 e. The predicted octanol–water partition coefficient (Wildman–Crippen LogP) is 2.64. The summed E-state index contributed by atoms with van der Waals surface area (Å²) in [4.78, 5) is 0. The smallest absolute Gasteiger partial charge is 0.0601 e. The van der Waals surface area contributed by atoms with Crippen LogP contribution in [0.15, 0.2) is 0 Å². The standard InChI is InChI=1S/C8H16ClO/c1-2-3-4-5-7-10-8-6-9/h1-8H2. The average Bonchev–Trinajstić information content (AvgIpc) is 1.97. The summed E-state index contributed by atoms with van der Waals surface area (Å²) in [5.41, 5.74) is 0. The number of hydrogen-bond donors (Lipinski definition) is 0. The van der Waals surface area contributed by atoms with Crippen LogP contribution < -0.4 is 0 Å². The zero-order valence-corrected chi connectivity index (χ0v) is 7.20. The molecule has 61 valence electrons. The molecule has 1 radical (unpaired) electrons. The number of rotatable bonds is 7. The monoisotopic (exact) mass is 163 g/mol. The van der Waals surface area contributed by atoms with E-state index in [2.05, 4.69) is 6.92 Å². The van der Waals surface area contributed by atoms with Gasteiger partial charge in [-0.3, -0.25) is 0 Å². The Hall–Kier alpha value is 0.250. The highest BCUT2D eigenvalue weighted by Gasteiger charge is 1.87. The fraction of sp³-hybridized carbons (Fsp3) is 0.875. The molecule has 0 saturated heterocycles. The second-order valence-corrected chi connectivity index (χ2v) is 2.59. The molecule has 0 aromatic rings. The van der Waals surface area contributed by atoms with Crippen LogP contribution >= 0.6 is 11.6 Å². The highest BCUT2D eigenvalue weighted by Crippen LogP contribution is 1.98. The minimum atomic E-state index is 0.606. The van der Waals surface area contributed by atoms with Gasteiger partial charge in [-0.1, -0.05) is 26.2 Å². The molecule has 0 bridgehead atoms. The van der Waals surface area contributed by atoms with Crippen LogP contribution in [-0.4, -0.2) is 19.1 Å². The summed E-state index contributed by atoms with van der Waals surface area (Å²) >= 11 is 5.41. The molecule has 0 spiro atoms. The SMILES string of the molecule is [CH2]CCCCCOCCCl. The molecule has 0 heterocycles. The fourth-order valence-electron chi connectivity index (χ4n) is 0.714. The van der Waals surface area contributed by atoms with Crippen LogP contribution in [0.5, 0.6) is 0 Å². The van der Waals surface area contributed by atoms with Gasteiger partial charge in [0.25, 0.3) is 0 Å². The van der Waals surface area contributed by atoms with Gasteiger partial charge in [-0.2, -0.15) is 0 Å². The van der Waals surface area contributed by atoms with Gasteiger partial charge in [0.15, 0.2) is 0 Å². The lowest BCUT2D eigenvalue weighted by atomic mass is 10.2. The third-order valence-corrected chi connectivity index (χ3v) is 1.41. The van der Waals surface area contributed by atoms with Crippen molar-refractivity contribution in [1.29, 1.82) is 0 Å². The lowest BCUT2D eigenvalue weighted by molar-refractivity contribution is 0.145. The largest absolute Gasteiger partial charge is 0.380 e. The summed E-state index contributed by atoms with van der Waals surface area (Å²) in [5, 5.41) is 0. The van der Waals surface area contributed by atoms with Gasteiger partial charge < -0.3 is 4.74 Å². The molecule has 0 aliphatic heterocycles. The Morgan fingerprint density at radius 3 is 2.50 bits per heavy atom. The van der Waals surface area contributed by atoms with E-state index in [9.17, 15) is 0 Å². The van der Waals surface area contributed by atoms with Gasteiger partial charge in [0, 0.05) is 12.5 Å². The molecule has 0 atom stereocenters. The van der Waals surface area contributed by atoms with Crippen molar-refractivity contribution in [3.05, 3.63) is 6.92 Å². The van der Waals surface area contributed by atoms with Crippen LogP contribution in [0.4, 0.5) is 0 Å². The zero-order chi connectivity index (χ0) is 7.66. The maximum Gasteiger partial charge on any atom is 0.0601 e. The zero-order valence-electron chi connectivity index (χ0n) is 6.44. The second kappa shape index (κ2) is 9.25. The maximum atomic E-state index is 5.41. The Balaban J connectivity index is 2.65. The van der Waals surface area contributed by atoms with Crippen LogP contribution in [0.1, 0.15) is 25.7 Å². The van der Waals surface area contributed by atoms with E-state index in [1.54, 1.807) is 0 Å². The van der Waals surface area contributed by atoms with E-state index < -0.39 is 0 Å². The van der Waals surface area contributed by atoms with Crippen molar-refractivity contribution in [2.45, 2.75) is 25.7 Å². The van der Waals surface area contributed by atoms with Crippen LogP contribution in [0.2, 0.25) is 0 Å². The van der Waals surface area contributed by atoms with Gasteiger partial charge >= 0.3 is 0 Å². The van der Waals surface area contributed by atoms with E-state index in [0.29, 0.717) is 12.5 Å². The number of alkyl halides is 1. The van der Waals surface area contributed by atoms with E-state index in [1.807, 2.05) is 0 Å². The molecule has 0 saturated carbocycles. The first kappa shape index (κ1) is 10.2. The van der Waals surface area contributed by atoms with Crippen molar-refractivity contribution in [3.63, 3.8) is 0 Å². The third-order valence-electron chi connectivity index (χ3n) is 1.26. The van der Waals surface area contributed by atoms with Crippen molar-refractivity contribution in [1.82, 2.24) is 0 Å². The van der Waals surface area contributed by atoms with Crippen molar-refractivity contribution in [2.24, 2.45) is 0 Å². The van der Waals surface area contributed by atoms with Crippen LogP contribution in [0, 0.1) is 6.92 Å². The van der Waals surface area contributed by atoms with E-state index in [4.69, 9.17) is 16.3 Å². The summed E-state index contributed by atoms with van der Waals surface area (Å²) in [7, 11) is 0. The van der Waals surface area contributed by atoms with Crippen LogP contribution in [0.3, 0.4) is 0 Å². The molecule has 10 heavy (non-hydrogen) atoms. The number of halogens is 1. The summed E-state index contributed by atoms with van der Waals surface area (Å²) in [6.45, 7) is 5.30. The van der Waals surface area contributed by atoms with E-state index in [0.717, 1.165) is 19.4 Å². The first-order valence-electron chi connectivity index (χ1n) is 3.84. The Morgan fingerprint density at radius 1 is 1.10 bits per heavy atom. The van der Waals surface area contributed by atoms with Crippen molar-refractivity contribution in [3.8, 4) is 0 Å². The van der Waals surface area contributed by atoms with Gasteiger partial charge in [-0.15, -0.1) is 11.6 Å². The minimum absolute atomic E-state index is 0.606. The molecular weight excluding hydrogens is 148 g/mol. The fourth-order valence-corrected chi connectivity index (χ4v) is 0.823. The van der Waals surface area contributed by atoms with E-state index in [-0.39, 0.29) is 0 Å². The number of ether oxygens (including phenoxy) is 1. The molecule has 0 amide bonds. The van der Waals surface area contributed by atoms with Crippen LogP contribution in [-0.2, 0) is 4.74 Å². The second-order valence-electron chi connectivity index (χ2n) is 2.22. The van der Waals surface area contributed by atoms with Gasteiger partial charge in [-0.25, -0.2) is 0 Å². The quantitative estimate of drug-likeness (QED) is 0.414. The molecule has 0 aliphatic rings. The highest BCUT2D eigenvalue weighted by atomic mass is 35.5. The molecule has 0 unspecified atom stereocenters. The number of unbranched alkanes of at least 4 members (excludes halogenated alkanes) is 3. The Kier molecular flexibility index (Phi) is 9.48. The van der Waals surface area contributed by atoms with Gasteiger partial charge in [0.1, 0.15) is 0 Å². The Bertz CT molecular complexity index is 49.2. The normalized spacial score (nSPS) is 10.2. The molecule has 2 heteroatoms. The molecule has 0 aromatic carbocycles. The van der Waals surface area contributed by atoms with Crippen LogP contribution in [0.25, 0.3) is 0 Å². The molecule has 1 nitrogen and oxygen atoms in total. The first-order valence-corrected chi connectivity index (χ1v) is 4.38. The molecule has 0 rings (SSSR count). The lowest BCUT2D eigenvalue weighted by Gasteiger charge is -1.99. The number of hydrogen-bond acceptors (Lipinski definition) is 1. The van der Waals surface area contributed by atoms with Gasteiger partial charge in [-0.05, 0) is 6.42 Å². The maximum absolute atomic E-state index is 5.41. The van der Waals surface area contributed by atoms with Crippen molar-refractivity contribution >= 4 is 11.6 Å². The molecule has 0 fully saturated rings. The summed E-state index contributed by atoms with van der Waals surface area (Å²) < 4.78 is 5.18. The molecule has 0 aromatic heterocycles. The molecule has 0 aliphatic carbocycles. The van der Waals surface area contributed by atoms with Crippen molar-refractivity contribution < 1.29 is 4.74 Å². The lowest BCUT2D eigenvalue weighted by Crippen LogP contribution is -1.97. The average molecular weight is 164 g/mol. The Morgan fingerprint density at radius 2 is 1.90 bits per heavy atom. The third kappa shape index (κ3) is 8.25. The van der Waals surface area contributed by atoms with Gasteiger partial charge in [0.2, 0.25) is 0 Å². The van der Waals surface area contributed by atoms with Gasteiger partial charge in [0.05, 0.1) is 6.61 Å². The highest BCUT2D eigenvalue weighted by molar-refractivity contribution is 6.17. The van der Waals surface area contributed by atoms with E-state index in [1.165, 1.54) is 12.8 Å². The summed E-state index contributed by atoms with van der Waals surface area (Å²) in [6, 6.07) is 0. The Labute approximate surface area is 68.7 Å². The predicted molar refractivity (Wildman–Crippen MR) is 45.4 cm³/mol. The summed E-state index contributed by atoms with van der Waals surface area (Å²) in [6.07, 6.45) is 4.62. The molecular formula is C8H16ClO. The summed E-state index contributed by atoms with van der Waals surface area (Å²) in [5.74, 6) is 0.606. The molecule has 0 N–H and O–H groups in total.